The maximum Gasteiger partial charge on any atom is 0.346 e. The summed E-state index contributed by atoms with van der Waals surface area (Å²) in [7, 11) is 0. The van der Waals surface area contributed by atoms with Gasteiger partial charge in [0.15, 0.2) is 11.5 Å². The van der Waals surface area contributed by atoms with Gasteiger partial charge in [0.2, 0.25) is 0 Å². The molecule has 9 heteroatoms. The molecule has 4 aromatic rings. The van der Waals surface area contributed by atoms with Crippen molar-refractivity contribution >= 4 is 11.7 Å². The Morgan fingerprint density at radius 2 is 1.88 bits per heavy atom. The molecule has 9 nitrogen and oxygen atoms in total. The number of ether oxygens (including phenoxy) is 2. The number of para-hydroxylation sites is 1. The van der Waals surface area contributed by atoms with E-state index in [9.17, 15) is 4.79 Å². The molecule has 4 rings (SSSR count). The number of anilines is 1. The van der Waals surface area contributed by atoms with E-state index in [1.165, 1.54) is 4.68 Å². The van der Waals surface area contributed by atoms with Crippen molar-refractivity contribution in [1.29, 1.82) is 0 Å². The van der Waals surface area contributed by atoms with Crippen LogP contribution in [0.3, 0.4) is 0 Å². The van der Waals surface area contributed by atoms with Crippen LogP contribution in [-0.4, -0.2) is 37.9 Å². The number of aryl methyl sites for hydroxylation is 1. The van der Waals surface area contributed by atoms with E-state index in [1.807, 2.05) is 62.4 Å². The van der Waals surface area contributed by atoms with Gasteiger partial charge in [0.25, 0.3) is 0 Å². The van der Waals surface area contributed by atoms with Crippen molar-refractivity contribution in [1.82, 2.24) is 20.2 Å². The Balaban J connectivity index is 1.52. The molecule has 1 heterocycles. The van der Waals surface area contributed by atoms with E-state index in [0.717, 1.165) is 22.5 Å². The van der Waals surface area contributed by atoms with Crippen LogP contribution >= 0.6 is 0 Å². The number of hydrogen-bond donors (Lipinski definition) is 2. The molecule has 2 N–H and O–H groups in total. The SMILES string of the molecule is CCOc1cc(CNc2ccc(C(=O)O)cc2C)ccc1Oc1nnnn1-c1ccccc1. The summed E-state index contributed by atoms with van der Waals surface area (Å²) in [5.41, 5.74) is 3.72. The zero-order valence-corrected chi connectivity index (χ0v) is 18.2. The minimum absolute atomic E-state index is 0.224. The van der Waals surface area contributed by atoms with Crippen molar-refractivity contribution in [2.75, 3.05) is 11.9 Å². The Morgan fingerprint density at radius 3 is 2.61 bits per heavy atom. The Hall–Kier alpha value is -4.40. The number of aromatic carboxylic acids is 1. The van der Waals surface area contributed by atoms with E-state index in [1.54, 1.807) is 18.2 Å². The highest BCUT2D eigenvalue weighted by atomic mass is 16.5. The monoisotopic (exact) mass is 445 g/mol. The molecule has 3 aromatic carbocycles. The number of carbonyl (C=O) groups is 1. The summed E-state index contributed by atoms with van der Waals surface area (Å²) in [6, 6.07) is 20.3. The normalized spacial score (nSPS) is 10.6. The quantitative estimate of drug-likeness (QED) is 0.388. The molecule has 168 valence electrons. The fraction of sp³-hybridized carbons (Fsp3) is 0.167. The molecule has 1 aromatic heterocycles. The summed E-state index contributed by atoms with van der Waals surface area (Å²) in [5, 5.41) is 24.2. The van der Waals surface area contributed by atoms with E-state index in [0.29, 0.717) is 24.7 Å². The molecule has 0 atom stereocenters. The lowest BCUT2D eigenvalue weighted by atomic mass is 10.1. The first-order valence-corrected chi connectivity index (χ1v) is 10.4. The van der Waals surface area contributed by atoms with Crippen LogP contribution in [0.15, 0.2) is 66.7 Å². The van der Waals surface area contributed by atoms with Crippen molar-refractivity contribution in [3.8, 4) is 23.2 Å². The van der Waals surface area contributed by atoms with Crippen LogP contribution in [0.25, 0.3) is 5.69 Å². The first-order chi connectivity index (χ1) is 16.0. The summed E-state index contributed by atoms with van der Waals surface area (Å²) in [4.78, 5) is 11.1. The lowest BCUT2D eigenvalue weighted by molar-refractivity contribution is 0.0697. The maximum absolute atomic E-state index is 11.1. The molecule has 0 aliphatic carbocycles. The molecule has 0 aliphatic rings. The topological polar surface area (TPSA) is 111 Å². The van der Waals surface area contributed by atoms with Crippen molar-refractivity contribution in [3.63, 3.8) is 0 Å². The highest BCUT2D eigenvalue weighted by molar-refractivity contribution is 5.88. The van der Waals surface area contributed by atoms with Gasteiger partial charge < -0.3 is 19.9 Å². The molecule has 33 heavy (non-hydrogen) atoms. The van der Waals surface area contributed by atoms with Gasteiger partial charge in [-0.1, -0.05) is 29.4 Å². The van der Waals surface area contributed by atoms with Crippen LogP contribution in [0.4, 0.5) is 5.69 Å². The predicted molar refractivity (Wildman–Crippen MR) is 122 cm³/mol. The fourth-order valence-corrected chi connectivity index (χ4v) is 3.28. The van der Waals surface area contributed by atoms with Crippen molar-refractivity contribution in [3.05, 3.63) is 83.4 Å². The smallest absolute Gasteiger partial charge is 0.346 e. The second-order valence-electron chi connectivity index (χ2n) is 7.21. The van der Waals surface area contributed by atoms with E-state index in [2.05, 4.69) is 20.8 Å². The Bertz CT molecular complexity index is 1260. The van der Waals surface area contributed by atoms with Gasteiger partial charge in [0, 0.05) is 12.2 Å². The van der Waals surface area contributed by atoms with Crippen LogP contribution in [-0.2, 0) is 6.54 Å². The number of tetrazole rings is 1. The van der Waals surface area contributed by atoms with Gasteiger partial charge in [0.05, 0.1) is 17.9 Å². The van der Waals surface area contributed by atoms with Gasteiger partial charge in [-0.15, -0.1) is 0 Å². The number of nitrogens with one attached hydrogen (secondary N) is 1. The third-order valence-electron chi connectivity index (χ3n) is 4.91. The zero-order chi connectivity index (χ0) is 23.2. The molecular weight excluding hydrogens is 422 g/mol. The first kappa shape index (κ1) is 21.8. The van der Waals surface area contributed by atoms with Gasteiger partial charge >= 0.3 is 12.0 Å². The Labute approximate surface area is 190 Å². The lowest BCUT2D eigenvalue weighted by Crippen LogP contribution is -2.05. The number of carboxylic acid groups (broad SMARTS) is 1. The van der Waals surface area contributed by atoms with E-state index < -0.39 is 5.97 Å². The summed E-state index contributed by atoms with van der Waals surface area (Å²) < 4.78 is 13.3. The summed E-state index contributed by atoms with van der Waals surface area (Å²) >= 11 is 0. The Kier molecular flexibility index (Phi) is 6.49. The van der Waals surface area contributed by atoms with Gasteiger partial charge in [0.1, 0.15) is 0 Å². The first-order valence-electron chi connectivity index (χ1n) is 10.4. The van der Waals surface area contributed by atoms with Gasteiger partial charge in [-0.05, 0) is 77.9 Å². The summed E-state index contributed by atoms with van der Waals surface area (Å²) in [5.74, 6) is 0.117. The Morgan fingerprint density at radius 1 is 1.06 bits per heavy atom. The van der Waals surface area contributed by atoms with Crippen molar-refractivity contribution in [2.45, 2.75) is 20.4 Å². The molecule has 0 radical (unpaired) electrons. The molecular formula is C24H23N5O4. The van der Waals surface area contributed by atoms with Gasteiger partial charge in [-0.2, -0.15) is 4.68 Å². The van der Waals surface area contributed by atoms with Crippen LogP contribution in [0.5, 0.6) is 17.5 Å². The second-order valence-corrected chi connectivity index (χ2v) is 7.21. The number of benzene rings is 3. The zero-order valence-electron chi connectivity index (χ0n) is 18.2. The summed E-state index contributed by atoms with van der Waals surface area (Å²) in [6.07, 6.45) is 0. The molecule has 0 saturated carbocycles. The van der Waals surface area contributed by atoms with Crippen LogP contribution in [0, 0.1) is 6.92 Å². The fourth-order valence-electron chi connectivity index (χ4n) is 3.28. The van der Waals surface area contributed by atoms with Crippen molar-refractivity contribution in [2.24, 2.45) is 0 Å². The average Bonchev–Trinajstić information content (AvgIpc) is 3.28. The number of carboxylic acids is 1. The molecule has 0 bridgehead atoms. The summed E-state index contributed by atoms with van der Waals surface area (Å²) in [6.45, 7) is 4.76. The van der Waals surface area contributed by atoms with Gasteiger partial charge in [-0.25, -0.2) is 4.79 Å². The highest BCUT2D eigenvalue weighted by Gasteiger charge is 2.15. The molecule has 0 amide bonds. The molecule has 0 aliphatic heterocycles. The number of aromatic nitrogens is 4. The number of hydrogen-bond acceptors (Lipinski definition) is 7. The van der Waals surface area contributed by atoms with E-state index >= 15 is 0 Å². The van der Waals surface area contributed by atoms with Crippen molar-refractivity contribution < 1.29 is 19.4 Å². The second kappa shape index (κ2) is 9.82. The van der Waals surface area contributed by atoms with E-state index in [4.69, 9.17) is 14.6 Å². The molecule has 0 unspecified atom stereocenters. The predicted octanol–water partition coefficient (Wildman–Crippen LogP) is 4.47. The molecule has 0 saturated heterocycles. The van der Waals surface area contributed by atoms with Crippen LogP contribution in [0.2, 0.25) is 0 Å². The number of nitrogens with zero attached hydrogens (tertiary/aromatic N) is 4. The lowest BCUT2D eigenvalue weighted by Gasteiger charge is -2.14. The standard InChI is InChI=1S/C24H23N5O4/c1-3-32-22-14-17(15-25-20-11-10-18(23(30)31)13-16(20)2)9-12-21(22)33-24-26-27-28-29(24)19-7-5-4-6-8-19/h4-14,25H,3,15H2,1-2H3,(H,30,31). The minimum Gasteiger partial charge on any atom is -0.490 e. The van der Waals surface area contributed by atoms with Gasteiger partial charge in [-0.3, -0.25) is 0 Å². The van der Waals surface area contributed by atoms with E-state index in [-0.39, 0.29) is 11.6 Å². The third kappa shape index (κ3) is 5.09. The van der Waals surface area contributed by atoms with Crippen LogP contribution in [0.1, 0.15) is 28.4 Å². The number of rotatable bonds is 9. The maximum atomic E-state index is 11.1. The molecule has 0 spiro atoms. The highest BCUT2D eigenvalue weighted by Crippen LogP contribution is 2.32. The average molecular weight is 445 g/mol. The minimum atomic E-state index is -0.945. The molecule has 0 fully saturated rings. The third-order valence-corrected chi connectivity index (χ3v) is 4.91. The van der Waals surface area contributed by atoms with Crippen LogP contribution < -0.4 is 14.8 Å². The largest absolute Gasteiger partial charge is 0.490 e.